The summed E-state index contributed by atoms with van der Waals surface area (Å²) in [6.45, 7) is 8.18. The number of benzene rings is 1. The Hall–Kier alpha value is -1.84. The highest BCUT2D eigenvalue weighted by Crippen LogP contribution is 2.32. The number of hydrogen-bond acceptors (Lipinski definition) is 2. The van der Waals surface area contributed by atoms with Crippen LogP contribution in [0.25, 0.3) is 0 Å². The molecule has 2 rings (SSSR count). The van der Waals surface area contributed by atoms with Gasteiger partial charge in [-0.3, -0.25) is 9.59 Å². The van der Waals surface area contributed by atoms with Crippen molar-refractivity contribution < 1.29 is 9.59 Å². The maximum atomic E-state index is 12.9. The van der Waals surface area contributed by atoms with E-state index in [0.717, 1.165) is 11.3 Å². The molecular formula is C17H24N2O2. The lowest BCUT2D eigenvalue weighted by molar-refractivity contribution is -0.136. The number of carbonyl (C=O) groups excluding carboxylic acids is 2. The number of anilines is 1. The van der Waals surface area contributed by atoms with Crippen molar-refractivity contribution in [3.8, 4) is 0 Å². The summed E-state index contributed by atoms with van der Waals surface area (Å²) in [5.74, 6) is 0.216. The van der Waals surface area contributed by atoms with Crippen molar-refractivity contribution in [1.29, 1.82) is 0 Å². The molecule has 0 atom stereocenters. The van der Waals surface area contributed by atoms with Crippen LogP contribution in [0, 0.1) is 0 Å². The van der Waals surface area contributed by atoms with Crippen molar-refractivity contribution in [1.82, 2.24) is 5.32 Å². The van der Waals surface area contributed by atoms with E-state index in [4.69, 9.17) is 0 Å². The zero-order valence-corrected chi connectivity index (χ0v) is 13.3. The molecule has 4 heteroatoms. The Bertz CT molecular complexity index is 547. The number of piperazine rings is 1. The monoisotopic (exact) mass is 288 g/mol. The molecule has 4 nitrogen and oxygen atoms in total. The smallest absolute Gasteiger partial charge is 0.253 e. The van der Waals surface area contributed by atoms with Crippen molar-refractivity contribution in [3.05, 3.63) is 29.8 Å². The van der Waals surface area contributed by atoms with Gasteiger partial charge >= 0.3 is 0 Å². The predicted molar refractivity (Wildman–Crippen MR) is 84.3 cm³/mol. The molecule has 1 aromatic carbocycles. The largest absolute Gasteiger partial charge is 0.340 e. The molecule has 1 heterocycles. The number of hydrogen-bond donors (Lipinski definition) is 1. The molecule has 21 heavy (non-hydrogen) atoms. The van der Waals surface area contributed by atoms with E-state index in [1.165, 1.54) is 0 Å². The molecule has 0 bridgehead atoms. The summed E-state index contributed by atoms with van der Waals surface area (Å²) in [6, 6.07) is 7.85. The van der Waals surface area contributed by atoms with Crippen LogP contribution < -0.4 is 10.2 Å². The standard InChI is InChI=1S/C17H24N2O2/c1-5-17(6-2)16(21)19(11-15(20)18-17)14-10-8-7-9-13(14)12(3)4/h7-10,12H,5-6,11H2,1-4H3,(H,18,20). The number of para-hydroxylation sites is 1. The molecule has 1 saturated heterocycles. The highest BCUT2D eigenvalue weighted by molar-refractivity contribution is 6.09. The van der Waals surface area contributed by atoms with Gasteiger partial charge in [-0.25, -0.2) is 0 Å². The van der Waals surface area contributed by atoms with E-state index in [9.17, 15) is 9.59 Å². The highest BCUT2D eigenvalue weighted by atomic mass is 16.2. The fraction of sp³-hybridized carbons (Fsp3) is 0.529. The van der Waals surface area contributed by atoms with Gasteiger partial charge in [0.2, 0.25) is 5.91 Å². The number of amides is 2. The van der Waals surface area contributed by atoms with E-state index in [-0.39, 0.29) is 18.4 Å². The average molecular weight is 288 g/mol. The minimum absolute atomic E-state index is 0.000185. The molecule has 0 unspecified atom stereocenters. The quantitative estimate of drug-likeness (QED) is 0.926. The molecule has 2 amide bonds. The van der Waals surface area contributed by atoms with Crippen molar-refractivity contribution in [2.45, 2.75) is 52.0 Å². The Labute approximate surface area is 126 Å². The third-order valence-corrected chi connectivity index (χ3v) is 4.39. The summed E-state index contributed by atoms with van der Waals surface area (Å²) in [4.78, 5) is 26.7. The molecule has 0 radical (unpaired) electrons. The first-order chi connectivity index (χ1) is 9.95. The summed E-state index contributed by atoms with van der Waals surface area (Å²) >= 11 is 0. The van der Waals surface area contributed by atoms with Gasteiger partial charge in [0, 0.05) is 5.69 Å². The third kappa shape index (κ3) is 2.67. The summed E-state index contributed by atoms with van der Waals surface area (Å²) < 4.78 is 0. The van der Waals surface area contributed by atoms with E-state index >= 15 is 0 Å². The summed E-state index contributed by atoms with van der Waals surface area (Å²) in [6.07, 6.45) is 1.21. The molecule has 1 N–H and O–H groups in total. The summed E-state index contributed by atoms with van der Waals surface area (Å²) in [5, 5.41) is 2.90. The topological polar surface area (TPSA) is 49.4 Å². The maximum absolute atomic E-state index is 12.9. The minimum Gasteiger partial charge on any atom is -0.340 e. The highest BCUT2D eigenvalue weighted by Gasteiger charge is 2.44. The average Bonchev–Trinajstić information content (AvgIpc) is 2.49. The maximum Gasteiger partial charge on any atom is 0.253 e. The minimum atomic E-state index is -0.764. The van der Waals surface area contributed by atoms with Gasteiger partial charge in [0.05, 0.1) is 0 Å². The van der Waals surface area contributed by atoms with E-state index in [1.807, 2.05) is 38.1 Å². The first kappa shape index (κ1) is 15.5. The number of carbonyl (C=O) groups is 2. The third-order valence-electron chi connectivity index (χ3n) is 4.39. The van der Waals surface area contributed by atoms with Crippen LogP contribution >= 0.6 is 0 Å². The van der Waals surface area contributed by atoms with Gasteiger partial charge in [-0.05, 0) is 30.4 Å². The van der Waals surface area contributed by atoms with Crippen LogP contribution in [0.3, 0.4) is 0 Å². The van der Waals surface area contributed by atoms with Gasteiger partial charge in [0.1, 0.15) is 12.1 Å². The summed E-state index contributed by atoms with van der Waals surface area (Å²) in [5.41, 5.74) is 1.19. The van der Waals surface area contributed by atoms with Crippen LogP contribution in [0.4, 0.5) is 5.69 Å². The lowest BCUT2D eigenvalue weighted by Crippen LogP contribution is -2.66. The normalized spacial score (nSPS) is 18.0. The van der Waals surface area contributed by atoms with E-state index in [0.29, 0.717) is 18.8 Å². The SMILES string of the molecule is CCC1(CC)NC(=O)CN(c2ccccc2C(C)C)C1=O. The van der Waals surface area contributed by atoms with Gasteiger partial charge in [0.25, 0.3) is 5.91 Å². The number of nitrogens with one attached hydrogen (secondary N) is 1. The fourth-order valence-electron chi connectivity index (χ4n) is 2.98. The van der Waals surface area contributed by atoms with E-state index < -0.39 is 5.54 Å². The van der Waals surface area contributed by atoms with Crippen LogP contribution in [-0.2, 0) is 9.59 Å². The lowest BCUT2D eigenvalue weighted by Gasteiger charge is -2.41. The molecule has 0 saturated carbocycles. The number of nitrogens with zero attached hydrogens (tertiary/aromatic N) is 1. The second kappa shape index (κ2) is 5.88. The van der Waals surface area contributed by atoms with Crippen LogP contribution in [0.2, 0.25) is 0 Å². The Balaban J connectivity index is 2.48. The van der Waals surface area contributed by atoms with Crippen molar-refractivity contribution in [2.24, 2.45) is 0 Å². The van der Waals surface area contributed by atoms with E-state index in [2.05, 4.69) is 19.2 Å². The molecule has 114 valence electrons. The van der Waals surface area contributed by atoms with E-state index in [1.54, 1.807) is 4.90 Å². The summed E-state index contributed by atoms with van der Waals surface area (Å²) in [7, 11) is 0. The van der Waals surface area contributed by atoms with Gasteiger partial charge in [-0.15, -0.1) is 0 Å². The Kier molecular flexibility index (Phi) is 4.35. The van der Waals surface area contributed by atoms with Crippen molar-refractivity contribution in [2.75, 3.05) is 11.4 Å². The van der Waals surface area contributed by atoms with Crippen LogP contribution in [0.1, 0.15) is 52.0 Å². The van der Waals surface area contributed by atoms with Crippen molar-refractivity contribution >= 4 is 17.5 Å². The Morgan fingerprint density at radius 1 is 1.19 bits per heavy atom. The molecule has 0 spiro atoms. The Morgan fingerprint density at radius 2 is 1.81 bits per heavy atom. The fourth-order valence-corrected chi connectivity index (χ4v) is 2.98. The van der Waals surface area contributed by atoms with Crippen LogP contribution in [0.15, 0.2) is 24.3 Å². The Morgan fingerprint density at radius 3 is 2.38 bits per heavy atom. The van der Waals surface area contributed by atoms with Gasteiger partial charge < -0.3 is 10.2 Å². The van der Waals surface area contributed by atoms with Gasteiger partial charge in [0.15, 0.2) is 0 Å². The lowest BCUT2D eigenvalue weighted by atomic mass is 9.88. The predicted octanol–water partition coefficient (Wildman–Crippen LogP) is 2.83. The molecule has 1 aliphatic heterocycles. The van der Waals surface area contributed by atoms with Crippen LogP contribution in [-0.4, -0.2) is 23.9 Å². The first-order valence-corrected chi connectivity index (χ1v) is 7.67. The molecule has 0 aromatic heterocycles. The van der Waals surface area contributed by atoms with Crippen LogP contribution in [0.5, 0.6) is 0 Å². The second-order valence-electron chi connectivity index (χ2n) is 5.94. The molecule has 1 fully saturated rings. The zero-order chi connectivity index (χ0) is 15.6. The number of rotatable bonds is 4. The molecule has 1 aliphatic rings. The van der Waals surface area contributed by atoms with Crippen molar-refractivity contribution in [3.63, 3.8) is 0 Å². The second-order valence-corrected chi connectivity index (χ2v) is 5.94. The first-order valence-electron chi connectivity index (χ1n) is 7.67. The molecule has 1 aromatic rings. The van der Waals surface area contributed by atoms with Gasteiger partial charge in [-0.1, -0.05) is 45.9 Å². The molecular weight excluding hydrogens is 264 g/mol. The van der Waals surface area contributed by atoms with Gasteiger partial charge in [-0.2, -0.15) is 0 Å². The molecule has 0 aliphatic carbocycles. The zero-order valence-electron chi connectivity index (χ0n) is 13.3.